The summed E-state index contributed by atoms with van der Waals surface area (Å²) in [4.78, 5) is 26.2. The highest BCUT2D eigenvalue weighted by atomic mass is 32.1. The third-order valence-corrected chi connectivity index (χ3v) is 5.74. The molecule has 0 bridgehead atoms. The molecule has 0 saturated carbocycles. The molecule has 25 heavy (non-hydrogen) atoms. The second kappa shape index (κ2) is 8.30. The number of aryl methyl sites for hydroxylation is 4. The minimum Gasteiger partial charge on any atom is -0.273 e. The first-order chi connectivity index (χ1) is 12.1. The number of fused-ring (bicyclic) bond motifs is 1. The van der Waals surface area contributed by atoms with E-state index < -0.39 is 0 Å². The Labute approximate surface area is 152 Å². The van der Waals surface area contributed by atoms with Crippen LogP contribution in [-0.4, -0.2) is 11.8 Å². The number of hydrazine groups is 1. The SMILES string of the molecule is Cc1cccc(CCC(=O)NNC(=O)c2cc3c(s2)CCCCC3)c1. The zero-order valence-corrected chi connectivity index (χ0v) is 15.4. The molecule has 1 aromatic heterocycles. The zero-order valence-electron chi connectivity index (χ0n) is 14.6. The second-order valence-electron chi connectivity index (χ2n) is 6.61. The van der Waals surface area contributed by atoms with Crippen LogP contribution in [0.4, 0.5) is 0 Å². The van der Waals surface area contributed by atoms with Crippen molar-refractivity contribution in [2.24, 2.45) is 0 Å². The smallest absolute Gasteiger partial charge is 0.273 e. The Morgan fingerprint density at radius 3 is 2.76 bits per heavy atom. The summed E-state index contributed by atoms with van der Waals surface area (Å²) in [5, 5.41) is 0. The summed E-state index contributed by atoms with van der Waals surface area (Å²) in [5.74, 6) is -0.394. The highest BCUT2D eigenvalue weighted by Gasteiger charge is 2.16. The number of thiophene rings is 1. The average molecular weight is 356 g/mol. The van der Waals surface area contributed by atoms with Gasteiger partial charge < -0.3 is 0 Å². The van der Waals surface area contributed by atoms with Gasteiger partial charge in [-0.2, -0.15) is 0 Å². The van der Waals surface area contributed by atoms with Gasteiger partial charge in [0.05, 0.1) is 4.88 Å². The Hall–Kier alpha value is -2.14. The third-order valence-electron chi connectivity index (χ3n) is 4.51. The van der Waals surface area contributed by atoms with Gasteiger partial charge in [0.2, 0.25) is 5.91 Å². The van der Waals surface area contributed by atoms with Crippen LogP contribution >= 0.6 is 11.3 Å². The van der Waals surface area contributed by atoms with E-state index in [0.29, 0.717) is 17.7 Å². The predicted molar refractivity (Wildman–Crippen MR) is 101 cm³/mol. The fourth-order valence-electron chi connectivity index (χ4n) is 3.16. The van der Waals surface area contributed by atoms with Crippen molar-refractivity contribution in [3.05, 3.63) is 56.8 Å². The van der Waals surface area contributed by atoms with Crippen molar-refractivity contribution in [2.75, 3.05) is 0 Å². The lowest BCUT2D eigenvalue weighted by atomic mass is 10.1. The molecule has 0 radical (unpaired) electrons. The molecule has 3 rings (SSSR count). The Morgan fingerprint density at radius 1 is 1.08 bits per heavy atom. The monoisotopic (exact) mass is 356 g/mol. The van der Waals surface area contributed by atoms with E-state index in [-0.39, 0.29) is 11.8 Å². The first-order valence-corrected chi connectivity index (χ1v) is 9.70. The Morgan fingerprint density at radius 2 is 1.92 bits per heavy atom. The van der Waals surface area contributed by atoms with Gasteiger partial charge in [0.1, 0.15) is 0 Å². The number of hydrogen-bond acceptors (Lipinski definition) is 3. The van der Waals surface area contributed by atoms with Crippen molar-refractivity contribution in [3.63, 3.8) is 0 Å². The number of carbonyl (C=O) groups is 2. The molecule has 1 aliphatic carbocycles. The quantitative estimate of drug-likeness (QED) is 0.648. The fourth-order valence-corrected chi connectivity index (χ4v) is 4.30. The third kappa shape index (κ3) is 4.92. The van der Waals surface area contributed by atoms with Crippen LogP contribution in [0, 0.1) is 6.92 Å². The van der Waals surface area contributed by atoms with Gasteiger partial charge in [0.15, 0.2) is 0 Å². The number of hydrogen-bond donors (Lipinski definition) is 2. The molecule has 5 heteroatoms. The summed E-state index contributed by atoms with van der Waals surface area (Å²) >= 11 is 1.56. The molecular weight excluding hydrogens is 332 g/mol. The van der Waals surface area contributed by atoms with E-state index >= 15 is 0 Å². The molecule has 0 spiro atoms. The fraction of sp³-hybridized carbons (Fsp3) is 0.400. The highest BCUT2D eigenvalue weighted by molar-refractivity contribution is 7.14. The molecule has 1 aliphatic rings. The van der Waals surface area contributed by atoms with Gasteiger partial charge in [0.25, 0.3) is 5.91 Å². The van der Waals surface area contributed by atoms with E-state index in [2.05, 4.69) is 16.9 Å². The summed E-state index contributed by atoms with van der Waals surface area (Å²) in [6, 6.07) is 10.1. The molecule has 2 aromatic rings. The molecule has 0 aliphatic heterocycles. The van der Waals surface area contributed by atoms with Crippen LogP contribution in [0.25, 0.3) is 0 Å². The van der Waals surface area contributed by atoms with Crippen LogP contribution in [0.15, 0.2) is 30.3 Å². The molecule has 0 fully saturated rings. The molecule has 132 valence electrons. The van der Waals surface area contributed by atoms with Crippen molar-refractivity contribution < 1.29 is 9.59 Å². The van der Waals surface area contributed by atoms with Crippen molar-refractivity contribution >= 4 is 23.2 Å². The summed E-state index contributed by atoms with van der Waals surface area (Å²) in [6.45, 7) is 2.03. The van der Waals surface area contributed by atoms with Gasteiger partial charge in [-0.25, -0.2) is 0 Å². The molecule has 4 nitrogen and oxygen atoms in total. The first-order valence-electron chi connectivity index (χ1n) is 8.88. The summed E-state index contributed by atoms with van der Waals surface area (Å²) in [5.41, 5.74) is 8.69. The lowest BCUT2D eigenvalue weighted by molar-refractivity contribution is -0.121. The Bertz CT molecular complexity index is 743. The molecule has 2 amide bonds. The maximum atomic E-state index is 12.3. The maximum absolute atomic E-state index is 12.3. The normalized spacial score (nSPS) is 13.6. The number of rotatable bonds is 4. The van der Waals surface area contributed by atoms with E-state index in [1.165, 1.54) is 35.3 Å². The van der Waals surface area contributed by atoms with Crippen molar-refractivity contribution in [1.82, 2.24) is 10.9 Å². The predicted octanol–water partition coefficient (Wildman–Crippen LogP) is 3.72. The van der Waals surface area contributed by atoms with E-state index in [9.17, 15) is 9.59 Å². The molecule has 1 aromatic carbocycles. The van der Waals surface area contributed by atoms with Gasteiger partial charge in [-0.3, -0.25) is 20.4 Å². The van der Waals surface area contributed by atoms with Crippen LogP contribution in [0.2, 0.25) is 0 Å². The van der Waals surface area contributed by atoms with E-state index in [0.717, 1.165) is 18.4 Å². The van der Waals surface area contributed by atoms with Gasteiger partial charge in [-0.1, -0.05) is 36.2 Å². The Kier molecular flexibility index (Phi) is 5.87. The van der Waals surface area contributed by atoms with Crippen molar-refractivity contribution in [1.29, 1.82) is 0 Å². The lowest BCUT2D eigenvalue weighted by Crippen LogP contribution is -2.41. The summed E-state index contributed by atoms with van der Waals surface area (Å²) in [6.07, 6.45) is 6.80. The van der Waals surface area contributed by atoms with Crippen molar-refractivity contribution in [2.45, 2.75) is 51.9 Å². The molecule has 2 N–H and O–H groups in total. The molecule has 0 saturated heterocycles. The second-order valence-corrected chi connectivity index (χ2v) is 7.75. The Balaban J connectivity index is 1.48. The highest BCUT2D eigenvalue weighted by Crippen LogP contribution is 2.28. The summed E-state index contributed by atoms with van der Waals surface area (Å²) < 4.78 is 0. The molecular formula is C20H24N2O2S. The number of carbonyl (C=O) groups excluding carboxylic acids is 2. The van der Waals surface area contributed by atoms with Crippen LogP contribution in [0.1, 0.15) is 56.9 Å². The molecule has 0 atom stereocenters. The maximum Gasteiger partial charge on any atom is 0.279 e. The minimum absolute atomic E-state index is 0.173. The number of amides is 2. The van der Waals surface area contributed by atoms with Gasteiger partial charge >= 0.3 is 0 Å². The largest absolute Gasteiger partial charge is 0.279 e. The number of nitrogens with one attached hydrogen (secondary N) is 2. The molecule has 1 heterocycles. The zero-order chi connectivity index (χ0) is 17.6. The lowest BCUT2D eigenvalue weighted by Gasteiger charge is -2.07. The van der Waals surface area contributed by atoms with E-state index in [1.807, 2.05) is 31.2 Å². The average Bonchev–Trinajstić information content (AvgIpc) is 2.89. The van der Waals surface area contributed by atoms with Crippen LogP contribution in [0.5, 0.6) is 0 Å². The standard InChI is InChI=1S/C20H24N2O2S/c1-14-6-5-7-15(12-14)10-11-19(23)21-22-20(24)18-13-16-8-3-2-4-9-17(16)25-18/h5-7,12-13H,2-4,8-11H2,1H3,(H,21,23)(H,22,24). The van der Waals surface area contributed by atoms with Crippen LogP contribution < -0.4 is 10.9 Å². The van der Waals surface area contributed by atoms with Gasteiger partial charge in [-0.15, -0.1) is 11.3 Å². The van der Waals surface area contributed by atoms with Crippen LogP contribution in [0.3, 0.4) is 0 Å². The summed E-state index contributed by atoms with van der Waals surface area (Å²) in [7, 11) is 0. The van der Waals surface area contributed by atoms with E-state index in [1.54, 1.807) is 11.3 Å². The molecule has 0 unspecified atom stereocenters. The van der Waals surface area contributed by atoms with Crippen LogP contribution in [-0.2, 0) is 24.1 Å². The van der Waals surface area contributed by atoms with E-state index in [4.69, 9.17) is 0 Å². The van der Waals surface area contributed by atoms with Gasteiger partial charge in [-0.05, 0) is 56.2 Å². The number of benzene rings is 1. The first kappa shape index (κ1) is 17.7. The topological polar surface area (TPSA) is 58.2 Å². The minimum atomic E-state index is -0.220. The van der Waals surface area contributed by atoms with Gasteiger partial charge in [0, 0.05) is 11.3 Å². The van der Waals surface area contributed by atoms with Crippen molar-refractivity contribution in [3.8, 4) is 0 Å².